The lowest BCUT2D eigenvalue weighted by molar-refractivity contribution is 0.0854. The number of hydrogen-bond acceptors (Lipinski definition) is 4. The number of carbonyl (C=O) groups excluding carboxylic acids is 2. The lowest BCUT2D eigenvalue weighted by atomic mass is 10.1. The van der Waals surface area contributed by atoms with E-state index in [0.717, 1.165) is 23.1 Å². The molecule has 2 amide bonds. The van der Waals surface area contributed by atoms with Crippen molar-refractivity contribution in [2.45, 2.75) is 39.3 Å². The maximum atomic E-state index is 13.1. The number of fused-ring (bicyclic) bond motifs is 1. The Morgan fingerprint density at radius 3 is 2.60 bits per heavy atom. The highest BCUT2D eigenvalue weighted by Crippen LogP contribution is 2.27. The zero-order chi connectivity index (χ0) is 21.1. The van der Waals surface area contributed by atoms with Crippen molar-refractivity contribution in [1.82, 2.24) is 14.8 Å². The third-order valence-electron chi connectivity index (χ3n) is 5.57. The highest BCUT2D eigenvalue weighted by atomic mass is 32.1. The molecule has 30 heavy (non-hydrogen) atoms. The van der Waals surface area contributed by atoms with E-state index in [4.69, 9.17) is 4.74 Å². The van der Waals surface area contributed by atoms with Crippen LogP contribution in [0.15, 0.2) is 41.8 Å². The Kier molecular flexibility index (Phi) is 6.08. The largest absolute Gasteiger partial charge is 0.450 e. The fourth-order valence-corrected chi connectivity index (χ4v) is 4.71. The zero-order valence-corrected chi connectivity index (χ0v) is 18.2. The summed E-state index contributed by atoms with van der Waals surface area (Å²) in [6, 6.07) is 12.5. The van der Waals surface area contributed by atoms with Gasteiger partial charge in [-0.3, -0.25) is 4.79 Å². The molecule has 0 bridgehead atoms. The molecule has 1 aliphatic heterocycles. The molecule has 3 heterocycles. The third-order valence-corrected chi connectivity index (χ3v) is 6.43. The molecule has 0 spiro atoms. The molecule has 0 radical (unpaired) electrons. The van der Waals surface area contributed by atoms with Gasteiger partial charge < -0.3 is 19.5 Å². The van der Waals surface area contributed by atoms with E-state index in [-0.39, 0.29) is 18.0 Å². The van der Waals surface area contributed by atoms with Gasteiger partial charge in [-0.2, -0.15) is 0 Å². The summed E-state index contributed by atoms with van der Waals surface area (Å²) in [6.45, 7) is 6.12. The van der Waals surface area contributed by atoms with Crippen LogP contribution in [0.3, 0.4) is 0 Å². The number of rotatable bonds is 5. The number of hydrogen-bond donors (Lipinski definition) is 1. The average molecular weight is 426 g/mol. The molecule has 0 unspecified atom stereocenters. The van der Waals surface area contributed by atoms with Crippen LogP contribution in [-0.4, -0.2) is 47.2 Å². The summed E-state index contributed by atoms with van der Waals surface area (Å²) in [4.78, 5) is 26.7. The number of aromatic nitrogens is 1. The minimum absolute atomic E-state index is 0.0555. The Balaban J connectivity index is 1.46. The van der Waals surface area contributed by atoms with Crippen molar-refractivity contribution >= 4 is 33.6 Å². The molecule has 1 aliphatic rings. The van der Waals surface area contributed by atoms with Crippen LogP contribution in [0, 0.1) is 6.92 Å². The van der Waals surface area contributed by atoms with Crippen molar-refractivity contribution < 1.29 is 14.3 Å². The van der Waals surface area contributed by atoms with Crippen molar-refractivity contribution in [3.05, 3.63) is 58.6 Å². The fourth-order valence-electron chi connectivity index (χ4n) is 3.89. The Bertz CT molecular complexity index is 1030. The van der Waals surface area contributed by atoms with Gasteiger partial charge in [0.05, 0.1) is 16.8 Å². The SMILES string of the molecule is CCOC(=O)N1CCC(NC(=O)c2cc3sccc3n2Cc2ccc(C)cc2)CC1. The lowest BCUT2D eigenvalue weighted by Gasteiger charge is -2.31. The van der Waals surface area contributed by atoms with Crippen LogP contribution in [0.4, 0.5) is 4.79 Å². The summed E-state index contributed by atoms with van der Waals surface area (Å²) in [5, 5.41) is 5.24. The Morgan fingerprint density at radius 1 is 1.17 bits per heavy atom. The zero-order valence-electron chi connectivity index (χ0n) is 17.4. The molecule has 1 N–H and O–H groups in total. The quantitative estimate of drug-likeness (QED) is 0.659. The molecule has 6 nitrogen and oxygen atoms in total. The van der Waals surface area contributed by atoms with Crippen LogP contribution >= 0.6 is 11.3 Å². The molecule has 7 heteroatoms. The molecule has 0 atom stereocenters. The van der Waals surface area contributed by atoms with Crippen LogP contribution in [0.1, 0.15) is 41.4 Å². The number of benzene rings is 1. The smallest absolute Gasteiger partial charge is 0.409 e. The van der Waals surface area contributed by atoms with E-state index in [1.165, 1.54) is 11.1 Å². The van der Waals surface area contributed by atoms with Gasteiger partial charge in [0.25, 0.3) is 5.91 Å². The Labute approximate surface area is 180 Å². The van der Waals surface area contributed by atoms with E-state index in [1.54, 1.807) is 23.2 Å². The molecule has 1 fully saturated rings. The van der Waals surface area contributed by atoms with Gasteiger partial charge in [0.15, 0.2) is 0 Å². The van der Waals surface area contributed by atoms with Crippen LogP contribution in [0.2, 0.25) is 0 Å². The van der Waals surface area contributed by atoms with Gasteiger partial charge in [-0.15, -0.1) is 11.3 Å². The van der Waals surface area contributed by atoms with Crippen LogP contribution in [0.25, 0.3) is 10.2 Å². The van der Waals surface area contributed by atoms with Gasteiger partial charge in [-0.05, 0) is 49.8 Å². The lowest BCUT2D eigenvalue weighted by Crippen LogP contribution is -2.47. The van der Waals surface area contributed by atoms with E-state index in [2.05, 4.69) is 52.5 Å². The summed E-state index contributed by atoms with van der Waals surface area (Å²) in [7, 11) is 0. The number of piperidine rings is 1. The number of nitrogens with one attached hydrogen (secondary N) is 1. The van der Waals surface area contributed by atoms with Gasteiger partial charge >= 0.3 is 6.09 Å². The van der Waals surface area contributed by atoms with Crippen LogP contribution in [0.5, 0.6) is 0 Å². The van der Waals surface area contributed by atoms with Crippen molar-refractivity contribution in [1.29, 1.82) is 0 Å². The second-order valence-corrected chi connectivity index (χ2v) is 8.65. The molecule has 1 saturated heterocycles. The number of amides is 2. The highest BCUT2D eigenvalue weighted by Gasteiger charge is 2.26. The first-order valence-corrected chi connectivity index (χ1v) is 11.3. The molecule has 4 rings (SSSR count). The second-order valence-electron chi connectivity index (χ2n) is 7.71. The van der Waals surface area contributed by atoms with E-state index >= 15 is 0 Å². The van der Waals surface area contributed by atoms with Crippen molar-refractivity contribution in [3.63, 3.8) is 0 Å². The highest BCUT2D eigenvalue weighted by molar-refractivity contribution is 7.17. The first kappa shape index (κ1) is 20.5. The molecule has 3 aromatic rings. The fraction of sp³-hybridized carbons (Fsp3) is 0.391. The monoisotopic (exact) mass is 425 g/mol. The summed E-state index contributed by atoms with van der Waals surface area (Å²) in [5.41, 5.74) is 4.16. The first-order valence-electron chi connectivity index (χ1n) is 10.4. The maximum absolute atomic E-state index is 13.1. The number of ether oxygens (including phenoxy) is 1. The van der Waals surface area contributed by atoms with Gasteiger partial charge in [-0.1, -0.05) is 29.8 Å². The summed E-state index contributed by atoms with van der Waals surface area (Å²) < 4.78 is 8.28. The number of thiophene rings is 1. The van der Waals surface area contributed by atoms with E-state index in [9.17, 15) is 9.59 Å². The van der Waals surface area contributed by atoms with Gasteiger partial charge in [-0.25, -0.2) is 4.79 Å². The third kappa shape index (κ3) is 4.36. The van der Waals surface area contributed by atoms with E-state index < -0.39 is 0 Å². The molecular weight excluding hydrogens is 398 g/mol. The maximum Gasteiger partial charge on any atom is 0.409 e. The Hall–Kier alpha value is -2.80. The van der Waals surface area contributed by atoms with Crippen molar-refractivity contribution in [2.24, 2.45) is 0 Å². The number of carbonyl (C=O) groups is 2. The minimum Gasteiger partial charge on any atom is -0.450 e. The topological polar surface area (TPSA) is 63.6 Å². The number of nitrogens with zero attached hydrogens (tertiary/aromatic N) is 2. The predicted molar refractivity (Wildman–Crippen MR) is 119 cm³/mol. The van der Waals surface area contributed by atoms with Gasteiger partial charge in [0.2, 0.25) is 0 Å². The molecule has 1 aromatic carbocycles. The summed E-state index contributed by atoms with van der Waals surface area (Å²) >= 11 is 1.65. The summed E-state index contributed by atoms with van der Waals surface area (Å²) in [6.07, 6.45) is 1.20. The molecule has 0 aliphatic carbocycles. The molecule has 158 valence electrons. The second kappa shape index (κ2) is 8.92. The molecular formula is C23H27N3O3S. The molecule has 2 aromatic heterocycles. The van der Waals surface area contributed by atoms with Gasteiger partial charge in [0.1, 0.15) is 5.69 Å². The Morgan fingerprint density at radius 2 is 1.90 bits per heavy atom. The van der Waals surface area contributed by atoms with E-state index in [0.29, 0.717) is 31.9 Å². The number of aryl methyl sites for hydroxylation is 1. The van der Waals surface area contributed by atoms with Crippen LogP contribution < -0.4 is 5.32 Å². The minimum atomic E-state index is -0.269. The standard InChI is InChI=1S/C23H27N3O3S/c1-3-29-23(28)25-11-8-18(9-12-25)24-22(27)20-14-21-19(10-13-30-21)26(20)15-17-6-4-16(2)5-7-17/h4-7,10,13-14,18H,3,8-9,11-12,15H2,1-2H3,(H,24,27). The predicted octanol–water partition coefficient (Wildman–Crippen LogP) is 4.41. The number of likely N-dealkylation sites (tertiary alicyclic amines) is 1. The van der Waals surface area contributed by atoms with Crippen molar-refractivity contribution in [3.8, 4) is 0 Å². The summed E-state index contributed by atoms with van der Waals surface area (Å²) in [5.74, 6) is -0.0555. The van der Waals surface area contributed by atoms with Crippen LogP contribution in [-0.2, 0) is 11.3 Å². The van der Waals surface area contributed by atoms with Gasteiger partial charge in [0, 0.05) is 25.7 Å². The molecule has 0 saturated carbocycles. The average Bonchev–Trinajstić information content (AvgIpc) is 3.33. The van der Waals surface area contributed by atoms with Crippen molar-refractivity contribution in [2.75, 3.05) is 19.7 Å². The normalized spacial score (nSPS) is 14.8. The first-order chi connectivity index (χ1) is 14.5. The van der Waals surface area contributed by atoms with E-state index in [1.807, 2.05) is 6.07 Å².